The van der Waals surface area contributed by atoms with Crippen molar-refractivity contribution in [3.8, 4) is 0 Å². The van der Waals surface area contributed by atoms with Crippen LogP contribution >= 0.6 is 0 Å². The molecule has 0 heterocycles. The number of hydrogen-bond acceptors (Lipinski definition) is 3. The summed E-state index contributed by atoms with van der Waals surface area (Å²) in [6, 6.07) is 0. The molecule has 0 aliphatic heterocycles. The second-order valence-electron chi connectivity index (χ2n) is 1.38. The van der Waals surface area contributed by atoms with Gasteiger partial charge in [-0.15, -0.1) is 0 Å². The van der Waals surface area contributed by atoms with Crippen LogP contribution in [-0.4, -0.2) is 12.2 Å². The summed E-state index contributed by atoms with van der Waals surface area (Å²) in [5.74, 6) is 0. The van der Waals surface area contributed by atoms with Crippen molar-refractivity contribution in [2.75, 3.05) is 0 Å². The van der Waals surface area contributed by atoms with Crippen LogP contribution in [0.25, 0.3) is 0 Å². The topological polar surface area (TPSA) is 38.7 Å². The number of rotatable bonds is 3. The van der Waals surface area contributed by atoms with Crippen molar-refractivity contribution in [1.29, 1.82) is 0 Å². The van der Waals surface area contributed by atoms with E-state index < -0.39 is 0 Å². The van der Waals surface area contributed by atoms with E-state index in [4.69, 9.17) is 0 Å². The van der Waals surface area contributed by atoms with Gasteiger partial charge in [0.1, 0.15) is 0 Å². The third kappa shape index (κ3) is 3.33. The van der Waals surface area contributed by atoms with Gasteiger partial charge in [0.05, 0.1) is 5.71 Å². The highest BCUT2D eigenvalue weighted by atomic mass is 16.7. The van der Waals surface area contributed by atoms with E-state index in [9.17, 15) is 4.79 Å². The Balaban J connectivity index is 3.40. The van der Waals surface area contributed by atoms with Crippen LogP contribution in [0.2, 0.25) is 0 Å². The zero-order valence-electron chi connectivity index (χ0n) is 5.05. The monoisotopic (exact) mass is 115 g/mol. The first-order valence-corrected chi connectivity index (χ1v) is 2.44. The molecule has 0 spiro atoms. The highest BCUT2D eigenvalue weighted by Gasteiger charge is 1.81. The van der Waals surface area contributed by atoms with Gasteiger partial charge in [0.15, 0.2) is 0 Å². The van der Waals surface area contributed by atoms with E-state index in [1.165, 1.54) is 0 Å². The van der Waals surface area contributed by atoms with E-state index in [0.717, 1.165) is 12.1 Å². The molecule has 46 valence electrons. The zero-order valence-corrected chi connectivity index (χ0v) is 5.05. The fourth-order valence-electron chi connectivity index (χ4n) is 0.176. The third-order valence-electron chi connectivity index (χ3n) is 0.763. The summed E-state index contributed by atoms with van der Waals surface area (Å²) in [6.45, 7) is 4.04. The first-order valence-electron chi connectivity index (χ1n) is 2.44. The van der Waals surface area contributed by atoms with Gasteiger partial charge < -0.3 is 4.84 Å². The maximum Gasteiger partial charge on any atom is 0.323 e. The smallest absolute Gasteiger partial charge is 0.322 e. The minimum atomic E-state index is 0.305. The highest BCUT2D eigenvalue weighted by Crippen LogP contribution is 1.82. The van der Waals surface area contributed by atoms with Crippen LogP contribution in [0.4, 0.5) is 0 Å². The summed E-state index contributed by atoms with van der Waals surface area (Å²) in [5.41, 5.74) is 0.817. The van der Waals surface area contributed by atoms with Crippen LogP contribution in [0.15, 0.2) is 5.16 Å². The average molecular weight is 115 g/mol. The van der Waals surface area contributed by atoms with Gasteiger partial charge in [-0.05, 0) is 13.3 Å². The molecule has 0 aromatic heterocycles. The lowest BCUT2D eigenvalue weighted by molar-refractivity contribution is -0.128. The van der Waals surface area contributed by atoms with E-state index in [0.29, 0.717) is 6.47 Å². The van der Waals surface area contributed by atoms with Crippen molar-refractivity contribution in [2.45, 2.75) is 20.3 Å². The predicted molar refractivity (Wildman–Crippen MR) is 30.5 cm³/mol. The molecule has 0 saturated carbocycles. The Morgan fingerprint density at radius 3 is 2.88 bits per heavy atom. The molecule has 0 amide bonds. The van der Waals surface area contributed by atoms with Crippen molar-refractivity contribution in [3.05, 3.63) is 0 Å². The van der Waals surface area contributed by atoms with Crippen LogP contribution < -0.4 is 0 Å². The quantitative estimate of drug-likeness (QED) is 0.238. The third-order valence-corrected chi connectivity index (χ3v) is 0.763. The van der Waals surface area contributed by atoms with E-state index in [2.05, 4.69) is 9.99 Å². The molecule has 0 aliphatic rings. The molecular weight excluding hydrogens is 106 g/mol. The SMILES string of the molecule is CC/C(C)=N\OC=O. The molecule has 3 nitrogen and oxygen atoms in total. The Hall–Kier alpha value is -0.860. The predicted octanol–water partition coefficient (Wildman–Crippen LogP) is 0.945. The summed E-state index contributed by atoms with van der Waals surface area (Å²) in [5, 5.41) is 3.41. The van der Waals surface area contributed by atoms with Crippen LogP contribution in [0.5, 0.6) is 0 Å². The maximum absolute atomic E-state index is 9.50. The Kier molecular flexibility index (Phi) is 3.84. The summed E-state index contributed by atoms with van der Waals surface area (Å²) < 4.78 is 0. The van der Waals surface area contributed by atoms with Crippen LogP contribution in [-0.2, 0) is 9.63 Å². The highest BCUT2D eigenvalue weighted by molar-refractivity contribution is 5.81. The molecule has 0 aromatic carbocycles. The van der Waals surface area contributed by atoms with Gasteiger partial charge in [-0.1, -0.05) is 12.1 Å². The lowest BCUT2D eigenvalue weighted by atomic mass is 10.3. The first-order chi connectivity index (χ1) is 3.81. The Labute approximate surface area is 48.3 Å². The maximum atomic E-state index is 9.50. The number of oxime groups is 1. The summed E-state index contributed by atoms with van der Waals surface area (Å²) >= 11 is 0. The lowest BCUT2D eigenvalue weighted by Gasteiger charge is -1.87. The number of nitrogens with zero attached hydrogens (tertiary/aromatic N) is 1. The van der Waals surface area contributed by atoms with Gasteiger partial charge in [0.25, 0.3) is 0 Å². The average Bonchev–Trinajstić information content (AvgIpc) is 1.83. The first kappa shape index (κ1) is 7.14. The van der Waals surface area contributed by atoms with Crippen molar-refractivity contribution in [3.63, 3.8) is 0 Å². The molecular formula is C5H9NO2. The van der Waals surface area contributed by atoms with Crippen LogP contribution in [0.1, 0.15) is 20.3 Å². The molecule has 0 aromatic rings. The lowest BCUT2D eigenvalue weighted by Crippen LogP contribution is -1.88. The summed E-state index contributed by atoms with van der Waals surface area (Å²) in [7, 11) is 0. The molecule has 0 fully saturated rings. The second kappa shape index (κ2) is 4.30. The van der Waals surface area contributed by atoms with Gasteiger partial charge in [0.2, 0.25) is 0 Å². The van der Waals surface area contributed by atoms with Gasteiger partial charge in [-0.25, -0.2) is 0 Å². The molecule has 8 heavy (non-hydrogen) atoms. The Morgan fingerprint density at radius 1 is 1.88 bits per heavy atom. The molecule has 0 atom stereocenters. The van der Waals surface area contributed by atoms with Crippen molar-refractivity contribution in [1.82, 2.24) is 0 Å². The molecule has 0 rings (SSSR count). The largest absolute Gasteiger partial charge is 0.323 e. The molecule has 0 radical (unpaired) electrons. The molecule has 0 aliphatic carbocycles. The van der Waals surface area contributed by atoms with Gasteiger partial charge in [-0.3, -0.25) is 4.79 Å². The van der Waals surface area contributed by atoms with Gasteiger partial charge in [0, 0.05) is 0 Å². The fourth-order valence-corrected chi connectivity index (χ4v) is 0.176. The molecule has 0 unspecified atom stereocenters. The number of carbonyl (C=O) groups is 1. The molecule has 0 N–H and O–H groups in total. The van der Waals surface area contributed by atoms with Gasteiger partial charge >= 0.3 is 6.47 Å². The standard InChI is InChI=1S/C5H9NO2/c1-3-5(2)6-8-4-7/h4H,3H2,1-2H3/b6-5-. The molecule has 3 heteroatoms. The summed E-state index contributed by atoms with van der Waals surface area (Å²) in [4.78, 5) is 13.6. The number of hydrogen-bond donors (Lipinski definition) is 0. The van der Waals surface area contributed by atoms with E-state index in [1.54, 1.807) is 6.92 Å². The molecule has 0 bridgehead atoms. The number of carbonyl (C=O) groups excluding carboxylic acids is 1. The second-order valence-corrected chi connectivity index (χ2v) is 1.38. The summed E-state index contributed by atoms with van der Waals surface area (Å²) in [6.07, 6.45) is 0.813. The van der Waals surface area contributed by atoms with Crippen LogP contribution in [0, 0.1) is 0 Å². The van der Waals surface area contributed by atoms with Crippen molar-refractivity contribution in [2.24, 2.45) is 5.16 Å². The normalized spacial score (nSPS) is 11.0. The van der Waals surface area contributed by atoms with Crippen molar-refractivity contribution >= 4 is 12.2 Å². The van der Waals surface area contributed by atoms with E-state index in [1.807, 2.05) is 6.92 Å². The zero-order chi connectivity index (χ0) is 6.41. The van der Waals surface area contributed by atoms with Crippen molar-refractivity contribution < 1.29 is 9.63 Å². The minimum Gasteiger partial charge on any atom is -0.322 e. The van der Waals surface area contributed by atoms with E-state index >= 15 is 0 Å². The van der Waals surface area contributed by atoms with Crippen LogP contribution in [0.3, 0.4) is 0 Å². The Bertz CT molecular complexity index is 98.6. The minimum absolute atomic E-state index is 0.305. The fraction of sp³-hybridized carbons (Fsp3) is 0.600. The molecule has 0 saturated heterocycles. The van der Waals surface area contributed by atoms with Gasteiger partial charge in [-0.2, -0.15) is 0 Å². The van der Waals surface area contributed by atoms with E-state index in [-0.39, 0.29) is 0 Å². The Morgan fingerprint density at radius 2 is 2.50 bits per heavy atom.